The predicted octanol–water partition coefficient (Wildman–Crippen LogP) is 2.74. The molecule has 4 rings (SSSR count). The topological polar surface area (TPSA) is 68.9 Å². The molecule has 0 amide bonds. The molecule has 0 radical (unpaired) electrons. The molecule has 1 aromatic carbocycles. The van der Waals surface area contributed by atoms with Crippen molar-refractivity contribution in [3.05, 3.63) is 66.7 Å². The lowest BCUT2D eigenvalue weighted by Crippen LogP contribution is -2.46. The minimum Gasteiger partial charge on any atom is -0.368 e. The highest BCUT2D eigenvalue weighted by Crippen LogP contribution is 2.23. The zero-order chi connectivity index (χ0) is 17.8. The van der Waals surface area contributed by atoms with Crippen LogP contribution in [0, 0.1) is 11.3 Å². The average Bonchev–Trinajstić information content (AvgIpc) is 2.75. The van der Waals surface area contributed by atoms with Crippen LogP contribution in [-0.4, -0.2) is 41.1 Å². The van der Waals surface area contributed by atoms with E-state index in [1.807, 2.05) is 48.8 Å². The predicted molar refractivity (Wildman–Crippen MR) is 101 cm³/mol. The molecule has 0 aliphatic carbocycles. The Labute approximate surface area is 152 Å². The van der Waals surface area contributed by atoms with Crippen LogP contribution in [-0.2, 0) is 0 Å². The van der Waals surface area contributed by atoms with Gasteiger partial charge in [-0.05, 0) is 24.3 Å². The van der Waals surface area contributed by atoms with Crippen molar-refractivity contribution in [1.82, 2.24) is 15.0 Å². The minimum atomic E-state index is 0.633. The maximum absolute atomic E-state index is 9.09. The molecule has 128 valence electrons. The lowest BCUT2D eigenvalue weighted by Gasteiger charge is -2.36. The Morgan fingerprint density at radius 3 is 2.42 bits per heavy atom. The van der Waals surface area contributed by atoms with Crippen molar-refractivity contribution in [3.63, 3.8) is 0 Å². The lowest BCUT2D eigenvalue weighted by molar-refractivity contribution is 0.646. The first-order valence-electron chi connectivity index (χ1n) is 8.56. The maximum Gasteiger partial charge on any atom is 0.132 e. The summed E-state index contributed by atoms with van der Waals surface area (Å²) < 4.78 is 0. The molecule has 3 heterocycles. The number of nitriles is 1. The van der Waals surface area contributed by atoms with Gasteiger partial charge in [-0.1, -0.05) is 12.1 Å². The van der Waals surface area contributed by atoms with E-state index in [0.29, 0.717) is 5.56 Å². The van der Waals surface area contributed by atoms with Crippen molar-refractivity contribution in [2.24, 2.45) is 0 Å². The van der Waals surface area contributed by atoms with E-state index < -0.39 is 0 Å². The molecule has 1 fully saturated rings. The molecular formula is C20H18N6. The number of aromatic nitrogens is 3. The van der Waals surface area contributed by atoms with Gasteiger partial charge < -0.3 is 9.80 Å². The number of hydrogen-bond acceptors (Lipinski definition) is 6. The van der Waals surface area contributed by atoms with Crippen LogP contribution in [0.15, 0.2) is 61.2 Å². The number of pyridine rings is 1. The van der Waals surface area contributed by atoms with E-state index in [4.69, 9.17) is 5.26 Å². The van der Waals surface area contributed by atoms with Crippen LogP contribution in [0.3, 0.4) is 0 Å². The number of piperazine rings is 1. The Bertz CT molecular complexity index is 926. The van der Waals surface area contributed by atoms with Gasteiger partial charge in [0, 0.05) is 55.9 Å². The van der Waals surface area contributed by atoms with Gasteiger partial charge in [0.15, 0.2) is 0 Å². The first-order chi connectivity index (χ1) is 12.8. The van der Waals surface area contributed by atoms with Crippen LogP contribution in [0.25, 0.3) is 11.3 Å². The third-order valence-electron chi connectivity index (χ3n) is 4.57. The van der Waals surface area contributed by atoms with Gasteiger partial charge in [0.2, 0.25) is 0 Å². The molecule has 6 heteroatoms. The van der Waals surface area contributed by atoms with Gasteiger partial charge in [0.25, 0.3) is 0 Å². The van der Waals surface area contributed by atoms with E-state index in [1.54, 1.807) is 12.4 Å². The second-order valence-electron chi connectivity index (χ2n) is 6.13. The van der Waals surface area contributed by atoms with Crippen LogP contribution < -0.4 is 9.80 Å². The quantitative estimate of drug-likeness (QED) is 0.729. The number of rotatable bonds is 3. The number of benzene rings is 1. The third kappa shape index (κ3) is 3.33. The summed E-state index contributed by atoms with van der Waals surface area (Å²) in [6.07, 6.45) is 5.25. The number of nitrogens with zero attached hydrogens (tertiary/aromatic N) is 6. The van der Waals surface area contributed by atoms with Crippen LogP contribution in [0.2, 0.25) is 0 Å². The van der Waals surface area contributed by atoms with Gasteiger partial charge in [-0.2, -0.15) is 5.26 Å². The zero-order valence-corrected chi connectivity index (χ0v) is 14.3. The van der Waals surface area contributed by atoms with Crippen molar-refractivity contribution < 1.29 is 0 Å². The first-order valence-corrected chi connectivity index (χ1v) is 8.56. The SMILES string of the molecule is N#Cc1cccc(-c2cc(N3CCN(c4ccncc4)CC3)ncn2)c1. The molecule has 1 aliphatic heterocycles. The standard InChI is InChI=1S/C20H18N6/c21-14-16-2-1-3-17(12-16)19-13-20(24-15-23-19)26-10-8-25(9-11-26)18-4-6-22-7-5-18/h1-7,12-13,15H,8-11H2. The molecule has 0 bridgehead atoms. The Balaban J connectivity index is 1.50. The average molecular weight is 342 g/mol. The smallest absolute Gasteiger partial charge is 0.132 e. The second-order valence-corrected chi connectivity index (χ2v) is 6.13. The summed E-state index contributed by atoms with van der Waals surface area (Å²) in [5.74, 6) is 0.923. The van der Waals surface area contributed by atoms with Gasteiger partial charge >= 0.3 is 0 Å². The molecule has 0 unspecified atom stereocenters. The van der Waals surface area contributed by atoms with E-state index in [1.165, 1.54) is 5.69 Å². The van der Waals surface area contributed by atoms with Crippen molar-refractivity contribution in [3.8, 4) is 17.3 Å². The Morgan fingerprint density at radius 2 is 1.65 bits per heavy atom. The Hall–Kier alpha value is -3.46. The highest BCUT2D eigenvalue weighted by molar-refractivity contribution is 5.64. The van der Waals surface area contributed by atoms with Crippen molar-refractivity contribution in [2.45, 2.75) is 0 Å². The van der Waals surface area contributed by atoms with Gasteiger partial charge in [0.05, 0.1) is 17.3 Å². The fourth-order valence-corrected chi connectivity index (χ4v) is 3.17. The van der Waals surface area contributed by atoms with E-state index >= 15 is 0 Å². The molecule has 0 N–H and O–H groups in total. The molecular weight excluding hydrogens is 324 g/mol. The highest BCUT2D eigenvalue weighted by Gasteiger charge is 2.19. The first kappa shape index (κ1) is 16.0. The fraction of sp³-hybridized carbons (Fsp3) is 0.200. The molecule has 0 spiro atoms. The Kier molecular flexibility index (Phi) is 4.44. The van der Waals surface area contributed by atoms with Gasteiger partial charge in [-0.25, -0.2) is 9.97 Å². The van der Waals surface area contributed by atoms with Crippen LogP contribution in [0.4, 0.5) is 11.5 Å². The second kappa shape index (κ2) is 7.19. The van der Waals surface area contributed by atoms with E-state index in [2.05, 4.69) is 30.8 Å². The largest absolute Gasteiger partial charge is 0.368 e. The summed E-state index contributed by atoms with van der Waals surface area (Å²) in [6, 6.07) is 15.7. The van der Waals surface area contributed by atoms with Crippen LogP contribution in [0.5, 0.6) is 0 Å². The number of anilines is 2. The van der Waals surface area contributed by atoms with Crippen LogP contribution in [0.1, 0.15) is 5.56 Å². The van der Waals surface area contributed by atoms with Crippen molar-refractivity contribution in [1.29, 1.82) is 5.26 Å². The molecule has 0 saturated carbocycles. The summed E-state index contributed by atoms with van der Waals surface area (Å²) in [6.45, 7) is 3.68. The van der Waals surface area contributed by atoms with Gasteiger partial charge in [0.1, 0.15) is 12.1 Å². The molecule has 26 heavy (non-hydrogen) atoms. The minimum absolute atomic E-state index is 0.633. The molecule has 1 aliphatic rings. The lowest BCUT2D eigenvalue weighted by atomic mass is 10.1. The molecule has 6 nitrogen and oxygen atoms in total. The van der Waals surface area contributed by atoms with Gasteiger partial charge in [-0.15, -0.1) is 0 Å². The van der Waals surface area contributed by atoms with E-state index in [9.17, 15) is 0 Å². The number of hydrogen-bond donors (Lipinski definition) is 0. The highest BCUT2D eigenvalue weighted by atomic mass is 15.3. The summed E-state index contributed by atoms with van der Waals surface area (Å²) >= 11 is 0. The summed E-state index contributed by atoms with van der Waals surface area (Å²) in [4.78, 5) is 17.5. The summed E-state index contributed by atoms with van der Waals surface area (Å²) in [7, 11) is 0. The fourth-order valence-electron chi connectivity index (χ4n) is 3.17. The summed E-state index contributed by atoms with van der Waals surface area (Å²) in [5.41, 5.74) is 3.61. The van der Waals surface area contributed by atoms with Crippen molar-refractivity contribution >= 4 is 11.5 Å². The van der Waals surface area contributed by atoms with Crippen molar-refractivity contribution in [2.75, 3.05) is 36.0 Å². The monoisotopic (exact) mass is 342 g/mol. The zero-order valence-electron chi connectivity index (χ0n) is 14.3. The molecule has 3 aromatic rings. The Morgan fingerprint density at radius 1 is 0.885 bits per heavy atom. The molecule has 2 aromatic heterocycles. The van der Waals surface area contributed by atoms with Crippen LogP contribution >= 0.6 is 0 Å². The summed E-state index contributed by atoms with van der Waals surface area (Å²) in [5, 5.41) is 9.09. The third-order valence-corrected chi connectivity index (χ3v) is 4.57. The molecule has 0 atom stereocenters. The maximum atomic E-state index is 9.09. The van der Waals surface area contributed by atoms with Gasteiger partial charge in [-0.3, -0.25) is 4.98 Å². The molecule has 1 saturated heterocycles. The van der Waals surface area contributed by atoms with E-state index in [0.717, 1.165) is 43.3 Å². The normalized spacial score (nSPS) is 14.1. The van der Waals surface area contributed by atoms with E-state index in [-0.39, 0.29) is 0 Å².